The Bertz CT molecular complexity index is 726. The second kappa shape index (κ2) is 10.0. The number of ether oxygens (including phenoxy) is 2. The van der Waals surface area contributed by atoms with Gasteiger partial charge in [-0.25, -0.2) is 4.79 Å². The molecule has 136 valence electrons. The number of para-hydroxylation sites is 1. The number of carbonyl (C=O) groups is 2. The molecular formula is C21H23NO4. The van der Waals surface area contributed by atoms with Crippen molar-refractivity contribution in [2.75, 3.05) is 6.61 Å². The minimum absolute atomic E-state index is 0.0435. The lowest BCUT2D eigenvalue weighted by molar-refractivity contribution is -0.143. The molecule has 1 N–H and O–H groups in total. The Hall–Kier alpha value is -3.08. The van der Waals surface area contributed by atoms with E-state index in [0.717, 1.165) is 5.56 Å². The minimum atomic E-state index is -0.922. The molecule has 2 aromatic carbocycles. The lowest BCUT2D eigenvalue weighted by Crippen LogP contribution is -2.44. The summed E-state index contributed by atoms with van der Waals surface area (Å²) in [5.74, 6) is -0.330. The van der Waals surface area contributed by atoms with E-state index in [1.54, 1.807) is 30.3 Å². The van der Waals surface area contributed by atoms with Crippen LogP contribution >= 0.6 is 0 Å². The fraction of sp³-hybridized carbons (Fsp3) is 0.238. The summed E-state index contributed by atoms with van der Waals surface area (Å²) < 4.78 is 10.9. The maximum absolute atomic E-state index is 12.3. The summed E-state index contributed by atoms with van der Waals surface area (Å²) in [5, 5.41) is 2.77. The van der Waals surface area contributed by atoms with Crippen LogP contribution in [0.1, 0.15) is 19.4 Å². The monoisotopic (exact) mass is 353 g/mol. The summed E-state index contributed by atoms with van der Waals surface area (Å²) >= 11 is 0. The first-order valence-corrected chi connectivity index (χ1v) is 8.46. The zero-order valence-electron chi connectivity index (χ0n) is 14.9. The molecule has 26 heavy (non-hydrogen) atoms. The summed E-state index contributed by atoms with van der Waals surface area (Å²) in [5.41, 5.74) is 0.888. The van der Waals surface area contributed by atoms with Crippen LogP contribution in [-0.4, -0.2) is 30.6 Å². The molecule has 1 amide bonds. The molecule has 1 atom stereocenters. The van der Waals surface area contributed by atoms with Crippen LogP contribution in [0.3, 0.4) is 0 Å². The van der Waals surface area contributed by atoms with Crippen LogP contribution < -0.4 is 10.1 Å². The lowest BCUT2D eigenvalue weighted by Gasteiger charge is -2.19. The number of amides is 1. The van der Waals surface area contributed by atoms with Gasteiger partial charge >= 0.3 is 5.97 Å². The standard InChI is InChI=1S/C21H23NO4/c1-16(2)22-21(24)19(26-18-11-7-4-8-12-18)15-25-20(23)14-13-17-9-5-3-6-10-17/h3-14,16,19H,15H2,1-2H3,(H,22,24). The van der Waals surface area contributed by atoms with Crippen LogP contribution in [0.15, 0.2) is 66.7 Å². The highest BCUT2D eigenvalue weighted by molar-refractivity contribution is 5.87. The van der Waals surface area contributed by atoms with E-state index in [9.17, 15) is 9.59 Å². The van der Waals surface area contributed by atoms with E-state index < -0.39 is 12.1 Å². The van der Waals surface area contributed by atoms with E-state index in [1.165, 1.54) is 6.08 Å². The third kappa shape index (κ3) is 6.81. The van der Waals surface area contributed by atoms with Gasteiger partial charge in [-0.2, -0.15) is 0 Å². The van der Waals surface area contributed by atoms with Crippen molar-refractivity contribution in [1.82, 2.24) is 5.32 Å². The van der Waals surface area contributed by atoms with Crippen molar-refractivity contribution < 1.29 is 19.1 Å². The molecule has 0 aromatic heterocycles. The maximum atomic E-state index is 12.3. The number of nitrogens with one attached hydrogen (secondary N) is 1. The molecule has 0 saturated carbocycles. The fourth-order valence-electron chi connectivity index (χ4n) is 2.14. The number of benzene rings is 2. The Labute approximate surface area is 153 Å². The van der Waals surface area contributed by atoms with Gasteiger partial charge in [-0.15, -0.1) is 0 Å². The first-order valence-electron chi connectivity index (χ1n) is 8.46. The Balaban J connectivity index is 1.95. The summed E-state index contributed by atoms with van der Waals surface area (Å²) in [6.07, 6.45) is 2.06. The summed E-state index contributed by atoms with van der Waals surface area (Å²) in [6, 6.07) is 18.3. The first-order chi connectivity index (χ1) is 12.5. The second-order valence-electron chi connectivity index (χ2n) is 5.96. The van der Waals surface area contributed by atoms with E-state index >= 15 is 0 Å². The molecule has 5 heteroatoms. The maximum Gasteiger partial charge on any atom is 0.330 e. The van der Waals surface area contributed by atoms with Crippen molar-refractivity contribution in [2.45, 2.75) is 26.0 Å². The molecule has 5 nitrogen and oxygen atoms in total. The predicted molar refractivity (Wildman–Crippen MR) is 101 cm³/mol. The summed E-state index contributed by atoms with van der Waals surface area (Å²) in [4.78, 5) is 24.2. The van der Waals surface area contributed by atoms with Gasteiger partial charge in [0.1, 0.15) is 12.4 Å². The van der Waals surface area contributed by atoms with Crippen molar-refractivity contribution >= 4 is 18.0 Å². The molecule has 0 aliphatic rings. The van der Waals surface area contributed by atoms with Crippen LogP contribution in [0.25, 0.3) is 6.08 Å². The van der Waals surface area contributed by atoms with E-state index in [4.69, 9.17) is 9.47 Å². The van der Waals surface area contributed by atoms with Crippen LogP contribution in [-0.2, 0) is 14.3 Å². The Morgan fingerprint density at radius 3 is 2.23 bits per heavy atom. The lowest BCUT2D eigenvalue weighted by atomic mass is 10.2. The molecule has 0 saturated heterocycles. The van der Waals surface area contributed by atoms with Gasteiger partial charge in [0.25, 0.3) is 5.91 Å². The number of rotatable bonds is 8. The van der Waals surface area contributed by atoms with Crippen LogP contribution in [0, 0.1) is 0 Å². The second-order valence-corrected chi connectivity index (χ2v) is 5.96. The highest BCUT2D eigenvalue weighted by Gasteiger charge is 2.22. The molecule has 0 heterocycles. The zero-order chi connectivity index (χ0) is 18.8. The van der Waals surface area contributed by atoms with Gasteiger partial charge in [0, 0.05) is 12.1 Å². The van der Waals surface area contributed by atoms with E-state index in [-0.39, 0.29) is 18.6 Å². The SMILES string of the molecule is CC(C)NC(=O)C(COC(=O)C=Cc1ccccc1)Oc1ccccc1. The molecular weight excluding hydrogens is 330 g/mol. The highest BCUT2D eigenvalue weighted by Crippen LogP contribution is 2.12. The average Bonchev–Trinajstić information content (AvgIpc) is 2.64. The number of hydrogen-bond acceptors (Lipinski definition) is 4. The van der Waals surface area contributed by atoms with Gasteiger partial charge in [-0.05, 0) is 37.6 Å². The number of hydrogen-bond donors (Lipinski definition) is 1. The van der Waals surface area contributed by atoms with E-state index in [2.05, 4.69) is 5.32 Å². The fourth-order valence-corrected chi connectivity index (χ4v) is 2.14. The normalized spacial score (nSPS) is 12.0. The number of esters is 1. The topological polar surface area (TPSA) is 64.6 Å². The molecule has 1 unspecified atom stereocenters. The van der Waals surface area contributed by atoms with Crippen molar-refractivity contribution in [3.8, 4) is 5.75 Å². The van der Waals surface area contributed by atoms with Crippen molar-refractivity contribution in [3.63, 3.8) is 0 Å². The molecule has 0 aliphatic carbocycles. The molecule has 0 aliphatic heterocycles. The first kappa shape index (κ1) is 19.2. The van der Waals surface area contributed by atoms with E-state index in [0.29, 0.717) is 5.75 Å². The molecule has 0 fully saturated rings. The van der Waals surface area contributed by atoms with Gasteiger partial charge in [0.2, 0.25) is 6.10 Å². The van der Waals surface area contributed by atoms with Crippen molar-refractivity contribution in [1.29, 1.82) is 0 Å². The minimum Gasteiger partial charge on any atom is -0.477 e. The van der Waals surface area contributed by atoms with E-state index in [1.807, 2.05) is 50.2 Å². The highest BCUT2D eigenvalue weighted by atomic mass is 16.6. The van der Waals surface area contributed by atoms with Crippen LogP contribution in [0.5, 0.6) is 5.75 Å². The zero-order valence-corrected chi connectivity index (χ0v) is 14.9. The molecule has 0 spiro atoms. The smallest absolute Gasteiger partial charge is 0.330 e. The van der Waals surface area contributed by atoms with Crippen LogP contribution in [0.2, 0.25) is 0 Å². The quantitative estimate of drug-likeness (QED) is 0.585. The average molecular weight is 353 g/mol. The molecule has 2 aromatic rings. The molecule has 0 radical (unpaired) electrons. The number of carbonyl (C=O) groups excluding carboxylic acids is 2. The third-order valence-electron chi connectivity index (χ3n) is 3.33. The predicted octanol–water partition coefficient (Wildman–Crippen LogP) is 3.22. The van der Waals surface area contributed by atoms with Gasteiger partial charge < -0.3 is 14.8 Å². The molecule has 0 bridgehead atoms. The summed E-state index contributed by atoms with van der Waals surface area (Å²) in [6.45, 7) is 3.53. The van der Waals surface area contributed by atoms with Gasteiger partial charge in [0.15, 0.2) is 0 Å². The van der Waals surface area contributed by atoms with Gasteiger partial charge in [-0.3, -0.25) is 4.79 Å². The Morgan fingerprint density at radius 2 is 1.62 bits per heavy atom. The van der Waals surface area contributed by atoms with Crippen molar-refractivity contribution in [3.05, 3.63) is 72.3 Å². The third-order valence-corrected chi connectivity index (χ3v) is 3.33. The van der Waals surface area contributed by atoms with Gasteiger partial charge in [-0.1, -0.05) is 48.5 Å². The van der Waals surface area contributed by atoms with Crippen LogP contribution in [0.4, 0.5) is 0 Å². The van der Waals surface area contributed by atoms with Gasteiger partial charge in [0.05, 0.1) is 0 Å². The molecule has 2 rings (SSSR count). The summed E-state index contributed by atoms with van der Waals surface area (Å²) in [7, 11) is 0. The largest absolute Gasteiger partial charge is 0.477 e. The Morgan fingerprint density at radius 1 is 1.00 bits per heavy atom. The Kier molecular flexibility index (Phi) is 7.43. The van der Waals surface area contributed by atoms with Crippen molar-refractivity contribution in [2.24, 2.45) is 0 Å².